The molecule has 0 unspecified atom stereocenters. The molecule has 0 spiro atoms. The van der Waals surface area contributed by atoms with Gasteiger partial charge in [0.25, 0.3) is 5.91 Å². The van der Waals surface area contributed by atoms with Crippen LogP contribution in [0.1, 0.15) is 34.1 Å². The van der Waals surface area contributed by atoms with Gasteiger partial charge in [0.15, 0.2) is 0 Å². The lowest BCUT2D eigenvalue weighted by molar-refractivity contribution is 0.0628. The predicted octanol–water partition coefficient (Wildman–Crippen LogP) is 4.51. The minimum atomic E-state index is 0.0870. The zero-order valence-electron chi connectivity index (χ0n) is 18.6. The molecule has 2 heterocycles. The van der Waals surface area contributed by atoms with Crippen molar-refractivity contribution in [1.82, 2.24) is 19.6 Å². The van der Waals surface area contributed by atoms with Crippen molar-refractivity contribution in [2.45, 2.75) is 33.5 Å². The summed E-state index contributed by atoms with van der Waals surface area (Å²) in [7, 11) is 0. The molecular weight excluding hydrogens is 468 g/mol. The molecule has 6 nitrogen and oxygen atoms in total. The Kier molecular flexibility index (Phi) is 7.27. The number of hydrogen-bond acceptors (Lipinski definition) is 4. The van der Waals surface area contributed by atoms with Crippen LogP contribution in [0, 0.1) is 6.92 Å². The molecule has 1 amide bonds. The SMILES string of the molecule is CCn1cc(CN2CCN(C(=O)c3cccc(COc4cccc(Br)c4)c3)CC2)c(C)n1. The number of amides is 1. The maximum absolute atomic E-state index is 13.1. The van der Waals surface area contributed by atoms with Crippen molar-refractivity contribution in [3.8, 4) is 5.75 Å². The maximum Gasteiger partial charge on any atom is 0.253 e. The van der Waals surface area contributed by atoms with Gasteiger partial charge in [0.2, 0.25) is 0 Å². The monoisotopic (exact) mass is 496 g/mol. The van der Waals surface area contributed by atoms with Gasteiger partial charge in [0.05, 0.1) is 5.69 Å². The van der Waals surface area contributed by atoms with Crippen molar-refractivity contribution in [3.05, 3.63) is 81.6 Å². The molecule has 0 aliphatic carbocycles. The summed E-state index contributed by atoms with van der Waals surface area (Å²) in [5.74, 6) is 0.885. The third-order valence-electron chi connectivity index (χ3n) is 5.80. The minimum absolute atomic E-state index is 0.0870. The van der Waals surface area contributed by atoms with E-state index in [1.54, 1.807) is 0 Å². The van der Waals surface area contributed by atoms with E-state index in [1.807, 2.05) is 58.1 Å². The average Bonchev–Trinajstić information content (AvgIpc) is 3.17. The normalized spacial score (nSPS) is 14.5. The Morgan fingerprint density at radius 3 is 2.59 bits per heavy atom. The molecule has 0 atom stereocenters. The number of nitrogens with zero attached hydrogens (tertiary/aromatic N) is 4. The largest absolute Gasteiger partial charge is 0.489 e. The zero-order chi connectivity index (χ0) is 22.5. The van der Waals surface area contributed by atoms with Gasteiger partial charge in [-0.3, -0.25) is 14.4 Å². The van der Waals surface area contributed by atoms with E-state index in [9.17, 15) is 4.79 Å². The van der Waals surface area contributed by atoms with Crippen LogP contribution in [0.2, 0.25) is 0 Å². The van der Waals surface area contributed by atoms with Crippen LogP contribution in [0.25, 0.3) is 0 Å². The van der Waals surface area contributed by atoms with Crippen LogP contribution in [-0.4, -0.2) is 51.7 Å². The van der Waals surface area contributed by atoms with Crippen molar-refractivity contribution in [2.75, 3.05) is 26.2 Å². The molecular formula is C25H29BrN4O2. The highest BCUT2D eigenvalue weighted by atomic mass is 79.9. The van der Waals surface area contributed by atoms with Crippen LogP contribution < -0.4 is 4.74 Å². The Morgan fingerprint density at radius 2 is 1.88 bits per heavy atom. The third-order valence-corrected chi connectivity index (χ3v) is 6.29. The lowest BCUT2D eigenvalue weighted by atomic mass is 10.1. The van der Waals surface area contributed by atoms with Gasteiger partial charge >= 0.3 is 0 Å². The first-order valence-electron chi connectivity index (χ1n) is 11.0. The second-order valence-electron chi connectivity index (χ2n) is 8.11. The summed E-state index contributed by atoms with van der Waals surface area (Å²) in [6.07, 6.45) is 2.13. The first-order valence-corrected chi connectivity index (χ1v) is 11.8. The number of aromatic nitrogens is 2. The number of rotatable bonds is 7. The van der Waals surface area contributed by atoms with Gasteiger partial charge in [-0.1, -0.05) is 34.1 Å². The molecule has 7 heteroatoms. The molecule has 1 saturated heterocycles. The van der Waals surface area contributed by atoms with Crippen LogP contribution in [0.15, 0.2) is 59.2 Å². The molecule has 1 aromatic heterocycles. The Morgan fingerprint density at radius 1 is 1.09 bits per heavy atom. The average molecular weight is 497 g/mol. The molecule has 32 heavy (non-hydrogen) atoms. The first-order chi connectivity index (χ1) is 15.5. The molecule has 1 aliphatic heterocycles. The number of halogens is 1. The van der Waals surface area contributed by atoms with Crippen molar-refractivity contribution in [3.63, 3.8) is 0 Å². The van der Waals surface area contributed by atoms with Crippen molar-refractivity contribution >= 4 is 21.8 Å². The van der Waals surface area contributed by atoms with Crippen LogP contribution in [-0.2, 0) is 19.7 Å². The lowest BCUT2D eigenvalue weighted by Gasteiger charge is -2.34. The molecule has 0 bridgehead atoms. The summed E-state index contributed by atoms with van der Waals surface area (Å²) in [4.78, 5) is 17.4. The number of piperazine rings is 1. The second-order valence-corrected chi connectivity index (χ2v) is 9.03. The fourth-order valence-electron chi connectivity index (χ4n) is 3.93. The Hall–Kier alpha value is -2.64. The van der Waals surface area contributed by atoms with Crippen molar-refractivity contribution in [1.29, 1.82) is 0 Å². The molecule has 1 aliphatic rings. The van der Waals surface area contributed by atoms with E-state index in [0.717, 1.165) is 60.7 Å². The summed E-state index contributed by atoms with van der Waals surface area (Å²) >= 11 is 3.46. The quantitative estimate of drug-likeness (QED) is 0.482. The lowest BCUT2D eigenvalue weighted by Crippen LogP contribution is -2.48. The molecule has 0 radical (unpaired) electrons. The molecule has 168 valence electrons. The summed E-state index contributed by atoms with van der Waals surface area (Å²) in [5, 5.41) is 4.54. The van der Waals surface area contributed by atoms with Gasteiger partial charge in [0.1, 0.15) is 12.4 Å². The highest BCUT2D eigenvalue weighted by Crippen LogP contribution is 2.20. The van der Waals surface area contributed by atoms with Gasteiger partial charge in [-0.25, -0.2) is 0 Å². The van der Waals surface area contributed by atoms with Crippen molar-refractivity contribution in [2.24, 2.45) is 0 Å². The highest BCUT2D eigenvalue weighted by Gasteiger charge is 2.23. The number of carbonyl (C=O) groups excluding carboxylic acids is 1. The van der Waals surface area contributed by atoms with Crippen LogP contribution in [0.5, 0.6) is 5.75 Å². The number of aryl methyl sites for hydroxylation is 2. The topological polar surface area (TPSA) is 50.6 Å². The van der Waals surface area contributed by atoms with Gasteiger partial charge in [-0.15, -0.1) is 0 Å². The van der Waals surface area contributed by atoms with E-state index < -0.39 is 0 Å². The third kappa shape index (κ3) is 5.58. The first kappa shape index (κ1) is 22.6. The van der Waals surface area contributed by atoms with Crippen molar-refractivity contribution < 1.29 is 9.53 Å². The van der Waals surface area contributed by atoms with Gasteiger partial charge in [0, 0.05) is 61.1 Å². The minimum Gasteiger partial charge on any atom is -0.489 e. The van der Waals surface area contributed by atoms with E-state index >= 15 is 0 Å². The summed E-state index contributed by atoms with van der Waals surface area (Å²) in [5.41, 5.74) is 4.06. The molecule has 4 rings (SSSR count). The molecule has 2 aromatic carbocycles. The van der Waals surface area contributed by atoms with Crippen LogP contribution in [0.3, 0.4) is 0 Å². The van der Waals surface area contributed by atoms with Gasteiger partial charge in [-0.05, 0) is 49.7 Å². The van der Waals surface area contributed by atoms with Gasteiger partial charge in [-0.2, -0.15) is 5.10 Å². The second kappa shape index (κ2) is 10.3. The van der Waals surface area contributed by atoms with Gasteiger partial charge < -0.3 is 9.64 Å². The Labute approximate surface area is 197 Å². The number of ether oxygens (including phenoxy) is 1. The van der Waals surface area contributed by atoms with E-state index in [2.05, 4.69) is 46.0 Å². The predicted molar refractivity (Wildman–Crippen MR) is 129 cm³/mol. The zero-order valence-corrected chi connectivity index (χ0v) is 20.2. The smallest absolute Gasteiger partial charge is 0.253 e. The van der Waals surface area contributed by atoms with Crippen LogP contribution >= 0.6 is 15.9 Å². The molecule has 0 N–H and O–H groups in total. The Bertz CT molecular complexity index is 1070. The highest BCUT2D eigenvalue weighted by molar-refractivity contribution is 9.10. The standard InChI is InChI=1S/C25H29BrN4O2/c1-3-30-17-22(19(2)27-30)16-28-10-12-29(13-11-28)25(31)21-7-4-6-20(14-21)18-32-24-9-5-8-23(26)15-24/h4-9,14-15,17H,3,10-13,16,18H2,1-2H3. The molecule has 0 saturated carbocycles. The van der Waals surface area contributed by atoms with E-state index in [4.69, 9.17) is 4.74 Å². The number of carbonyl (C=O) groups is 1. The summed E-state index contributed by atoms with van der Waals surface area (Å²) in [6, 6.07) is 15.5. The van der Waals surface area contributed by atoms with E-state index in [0.29, 0.717) is 12.2 Å². The summed E-state index contributed by atoms with van der Waals surface area (Å²) < 4.78 is 8.84. The maximum atomic E-state index is 13.1. The number of benzene rings is 2. The molecule has 1 fully saturated rings. The van der Waals surface area contributed by atoms with Crippen LogP contribution in [0.4, 0.5) is 0 Å². The molecule has 3 aromatic rings. The van der Waals surface area contributed by atoms with E-state index in [1.165, 1.54) is 5.56 Å². The van der Waals surface area contributed by atoms with E-state index in [-0.39, 0.29) is 5.91 Å². The fraction of sp³-hybridized carbons (Fsp3) is 0.360. The Balaban J connectivity index is 1.32. The number of hydrogen-bond donors (Lipinski definition) is 0. The fourth-order valence-corrected chi connectivity index (χ4v) is 4.30. The summed E-state index contributed by atoms with van der Waals surface area (Å²) in [6.45, 7) is 9.57.